The van der Waals surface area contributed by atoms with Gasteiger partial charge in [-0.1, -0.05) is 19.1 Å². The van der Waals surface area contributed by atoms with Crippen molar-refractivity contribution in [1.29, 1.82) is 0 Å². The largest absolute Gasteiger partial charge is 0.396 e. The summed E-state index contributed by atoms with van der Waals surface area (Å²) >= 11 is 0. The molecule has 0 radical (unpaired) electrons. The third-order valence-electron chi connectivity index (χ3n) is 4.38. The number of benzene rings is 1. The smallest absolute Gasteiger partial charge is 0.236 e. The van der Waals surface area contributed by atoms with Gasteiger partial charge in [0, 0.05) is 25.9 Å². The van der Waals surface area contributed by atoms with Crippen molar-refractivity contribution in [3.05, 3.63) is 36.5 Å². The van der Waals surface area contributed by atoms with Crippen molar-refractivity contribution in [3.63, 3.8) is 0 Å². The highest BCUT2D eigenvalue weighted by atomic mass is 16.3. The molecule has 3 aromatic rings. The standard InChI is InChI=1S/C18H24N4O/c1-3-21(11-8-14(2)10-13-23)17-9-12-22-16-7-5-4-6-15(16)19-18(22)20-17/h4-7,9,12,14,23H,3,8,10-11,13H2,1-2H3. The van der Waals surface area contributed by atoms with Crippen LogP contribution in [0.25, 0.3) is 16.8 Å². The number of rotatable bonds is 7. The first-order valence-corrected chi connectivity index (χ1v) is 8.32. The lowest BCUT2D eigenvalue weighted by molar-refractivity contribution is 0.259. The maximum Gasteiger partial charge on any atom is 0.236 e. The number of para-hydroxylation sites is 2. The molecule has 0 amide bonds. The van der Waals surface area contributed by atoms with Crippen LogP contribution in [0.2, 0.25) is 0 Å². The Hall–Kier alpha value is -2.14. The van der Waals surface area contributed by atoms with Gasteiger partial charge in [-0.05, 0) is 43.9 Å². The Morgan fingerprint density at radius 2 is 2.00 bits per heavy atom. The average molecular weight is 312 g/mol. The van der Waals surface area contributed by atoms with Gasteiger partial charge in [-0.3, -0.25) is 4.40 Å². The van der Waals surface area contributed by atoms with Gasteiger partial charge in [-0.2, -0.15) is 4.98 Å². The molecule has 0 aliphatic heterocycles. The van der Waals surface area contributed by atoms with Crippen molar-refractivity contribution in [1.82, 2.24) is 14.4 Å². The number of fused-ring (bicyclic) bond motifs is 3. The SMILES string of the molecule is CCN(CCC(C)CCO)c1ccn2c(n1)nc1ccccc12. The van der Waals surface area contributed by atoms with Crippen LogP contribution in [0.1, 0.15) is 26.7 Å². The number of anilines is 1. The zero-order chi connectivity index (χ0) is 16.2. The van der Waals surface area contributed by atoms with E-state index in [1.54, 1.807) is 0 Å². The molecule has 5 nitrogen and oxygen atoms in total. The summed E-state index contributed by atoms with van der Waals surface area (Å²) in [6.45, 7) is 6.45. The van der Waals surface area contributed by atoms with Crippen molar-refractivity contribution in [2.24, 2.45) is 5.92 Å². The van der Waals surface area contributed by atoms with E-state index in [0.717, 1.165) is 48.6 Å². The van der Waals surface area contributed by atoms with E-state index in [0.29, 0.717) is 5.92 Å². The fraction of sp³-hybridized carbons (Fsp3) is 0.444. The van der Waals surface area contributed by atoms with Gasteiger partial charge in [0.1, 0.15) is 5.82 Å². The van der Waals surface area contributed by atoms with E-state index in [9.17, 15) is 0 Å². The second kappa shape index (κ2) is 6.96. The molecule has 1 aromatic carbocycles. The molecule has 1 N–H and O–H groups in total. The van der Waals surface area contributed by atoms with Crippen molar-refractivity contribution in [3.8, 4) is 0 Å². The molecule has 0 fully saturated rings. The second-order valence-electron chi connectivity index (χ2n) is 6.04. The molecule has 2 heterocycles. The minimum Gasteiger partial charge on any atom is -0.396 e. The molecular weight excluding hydrogens is 288 g/mol. The number of aromatic nitrogens is 3. The second-order valence-corrected chi connectivity index (χ2v) is 6.04. The molecule has 3 rings (SSSR count). The van der Waals surface area contributed by atoms with E-state index in [-0.39, 0.29) is 6.61 Å². The molecule has 0 aliphatic carbocycles. The van der Waals surface area contributed by atoms with Gasteiger partial charge < -0.3 is 10.0 Å². The van der Waals surface area contributed by atoms with Crippen LogP contribution in [-0.2, 0) is 0 Å². The van der Waals surface area contributed by atoms with Crippen LogP contribution in [-0.4, -0.2) is 39.2 Å². The summed E-state index contributed by atoms with van der Waals surface area (Å²) in [7, 11) is 0. The van der Waals surface area contributed by atoms with Crippen LogP contribution in [0.4, 0.5) is 5.82 Å². The van der Waals surface area contributed by atoms with Crippen LogP contribution < -0.4 is 4.90 Å². The first-order chi connectivity index (χ1) is 11.2. The van der Waals surface area contributed by atoms with Crippen LogP contribution in [0.15, 0.2) is 36.5 Å². The summed E-state index contributed by atoms with van der Waals surface area (Å²) in [6, 6.07) is 10.1. The van der Waals surface area contributed by atoms with E-state index in [4.69, 9.17) is 10.1 Å². The first-order valence-electron chi connectivity index (χ1n) is 8.32. The minimum absolute atomic E-state index is 0.262. The zero-order valence-corrected chi connectivity index (χ0v) is 13.8. The average Bonchev–Trinajstić information content (AvgIpc) is 2.93. The molecule has 23 heavy (non-hydrogen) atoms. The Balaban J connectivity index is 1.84. The number of nitrogens with zero attached hydrogens (tertiary/aromatic N) is 4. The van der Waals surface area contributed by atoms with E-state index >= 15 is 0 Å². The lowest BCUT2D eigenvalue weighted by Gasteiger charge is -2.23. The van der Waals surface area contributed by atoms with Crippen molar-refractivity contribution in [2.45, 2.75) is 26.7 Å². The maximum atomic E-state index is 9.03. The maximum absolute atomic E-state index is 9.03. The molecule has 122 valence electrons. The Morgan fingerprint density at radius 1 is 1.17 bits per heavy atom. The Labute approximate surface area is 136 Å². The summed E-state index contributed by atoms with van der Waals surface area (Å²) < 4.78 is 2.03. The van der Waals surface area contributed by atoms with E-state index in [2.05, 4.69) is 35.9 Å². The zero-order valence-electron chi connectivity index (χ0n) is 13.8. The van der Waals surface area contributed by atoms with E-state index in [1.165, 1.54) is 0 Å². The molecule has 2 aromatic heterocycles. The Morgan fingerprint density at radius 3 is 2.78 bits per heavy atom. The molecular formula is C18H24N4O. The molecule has 1 unspecified atom stereocenters. The molecule has 0 saturated heterocycles. The normalized spacial score (nSPS) is 12.8. The van der Waals surface area contributed by atoms with Gasteiger partial charge in [0.25, 0.3) is 0 Å². The molecule has 0 saturated carbocycles. The molecule has 5 heteroatoms. The summed E-state index contributed by atoms with van der Waals surface area (Å²) in [5.74, 6) is 2.23. The predicted molar refractivity (Wildman–Crippen MR) is 93.9 cm³/mol. The molecule has 0 bridgehead atoms. The number of aliphatic hydroxyl groups is 1. The van der Waals surface area contributed by atoms with Gasteiger partial charge in [-0.25, -0.2) is 4.98 Å². The van der Waals surface area contributed by atoms with Crippen LogP contribution in [0.5, 0.6) is 0 Å². The summed E-state index contributed by atoms with van der Waals surface area (Å²) in [4.78, 5) is 11.6. The Kier molecular flexibility index (Phi) is 4.76. The first kappa shape index (κ1) is 15.7. The minimum atomic E-state index is 0.262. The fourth-order valence-electron chi connectivity index (χ4n) is 2.89. The van der Waals surface area contributed by atoms with Crippen molar-refractivity contribution in [2.75, 3.05) is 24.6 Å². The quantitative estimate of drug-likeness (QED) is 0.728. The lowest BCUT2D eigenvalue weighted by Crippen LogP contribution is -2.26. The van der Waals surface area contributed by atoms with Gasteiger partial charge in [0.05, 0.1) is 11.0 Å². The third kappa shape index (κ3) is 3.29. The summed E-state index contributed by atoms with van der Waals surface area (Å²) in [6.07, 6.45) is 3.96. The van der Waals surface area contributed by atoms with Crippen molar-refractivity contribution < 1.29 is 5.11 Å². The summed E-state index contributed by atoms with van der Waals surface area (Å²) in [5, 5.41) is 9.03. The number of imidazole rings is 1. The van der Waals surface area contributed by atoms with Crippen LogP contribution in [0.3, 0.4) is 0 Å². The molecule has 0 spiro atoms. The number of hydrogen-bond acceptors (Lipinski definition) is 4. The van der Waals surface area contributed by atoms with Gasteiger partial charge in [0.2, 0.25) is 5.78 Å². The van der Waals surface area contributed by atoms with Crippen LogP contribution in [0, 0.1) is 5.92 Å². The van der Waals surface area contributed by atoms with E-state index < -0.39 is 0 Å². The van der Waals surface area contributed by atoms with Crippen LogP contribution >= 0.6 is 0 Å². The van der Waals surface area contributed by atoms with E-state index in [1.807, 2.05) is 28.8 Å². The lowest BCUT2D eigenvalue weighted by atomic mass is 10.0. The summed E-state index contributed by atoms with van der Waals surface area (Å²) in [5.41, 5.74) is 2.05. The molecule has 0 aliphatic rings. The monoisotopic (exact) mass is 312 g/mol. The highest BCUT2D eigenvalue weighted by molar-refractivity contribution is 5.79. The number of hydrogen-bond donors (Lipinski definition) is 1. The fourth-order valence-corrected chi connectivity index (χ4v) is 2.89. The Bertz CT molecular complexity index is 783. The third-order valence-corrected chi connectivity index (χ3v) is 4.38. The van der Waals surface area contributed by atoms with Gasteiger partial charge >= 0.3 is 0 Å². The highest BCUT2D eigenvalue weighted by Crippen LogP contribution is 2.19. The molecule has 1 atom stereocenters. The van der Waals surface area contributed by atoms with Crippen molar-refractivity contribution >= 4 is 22.6 Å². The number of aliphatic hydroxyl groups excluding tert-OH is 1. The van der Waals surface area contributed by atoms with Gasteiger partial charge in [0.15, 0.2) is 0 Å². The van der Waals surface area contributed by atoms with Gasteiger partial charge in [-0.15, -0.1) is 0 Å². The highest BCUT2D eigenvalue weighted by Gasteiger charge is 2.11. The predicted octanol–water partition coefficient (Wildman–Crippen LogP) is 3.12. The topological polar surface area (TPSA) is 53.7 Å².